The molecule has 2 rings (SSSR count). The molecule has 7 heteroatoms. The van der Waals surface area contributed by atoms with Crippen LogP contribution in [0.4, 0.5) is 5.82 Å². The molecule has 1 amide bonds. The third kappa shape index (κ3) is 3.80. The number of carbonyl (C=O) groups is 2. The van der Waals surface area contributed by atoms with E-state index in [1.54, 1.807) is 17.9 Å². The van der Waals surface area contributed by atoms with Crippen LogP contribution in [-0.2, 0) is 9.59 Å². The van der Waals surface area contributed by atoms with E-state index < -0.39 is 12.0 Å². The Hall–Kier alpha value is -1.89. The number of amides is 1. The van der Waals surface area contributed by atoms with Gasteiger partial charge in [0.15, 0.2) is 5.82 Å². The molecule has 0 radical (unpaired) electrons. The van der Waals surface area contributed by atoms with Crippen LogP contribution in [-0.4, -0.2) is 46.2 Å². The van der Waals surface area contributed by atoms with E-state index >= 15 is 0 Å². The molecule has 0 aromatic carbocycles. The molecule has 1 atom stereocenters. The number of carboxylic acids is 1. The van der Waals surface area contributed by atoms with E-state index in [-0.39, 0.29) is 12.5 Å². The molecule has 7 nitrogen and oxygen atoms in total. The van der Waals surface area contributed by atoms with Crippen molar-refractivity contribution >= 4 is 17.7 Å². The molecule has 1 aliphatic heterocycles. The van der Waals surface area contributed by atoms with Crippen LogP contribution in [0.5, 0.6) is 0 Å². The van der Waals surface area contributed by atoms with Crippen LogP contribution >= 0.6 is 0 Å². The van der Waals surface area contributed by atoms with Crippen LogP contribution in [0.15, 0.2) is 10.6 Å². The monoisotopic (exact) mass is 281 g/mol. The second-order valence-electron chi connectivity index (χ2n) is 5.04. The maximum absolute atomic E-state index is 11.9. The van der Waals surface area contributed by atoms with Crippen LogP contribution in [0.2, 0.25) is 0 Å². The first-order valence-electron chi connectivity index (χ1n) is 6.76. The Kier molecular flexibility index (Phi) is 4.73. The summed E-state index contributed by atoms with van der Waals surface area (Å²) in [7, 11) is 0. The Morgan fingerprint density at radius 3 is 2.95 bits per heavy atom. The average molecular weight is 281 g/mol. The normalized spacial score (nSPS) is 20.4. The lowest BCUT2D eigenvalue weighted by Crippen LogP contribution is -2.44. The van der Waals surface area contributed by atoms with Gasteiger partial charge in [-0.2, -0.15) is 0 Å². The Morgan fingerprint density at radius 1 is 1.50 bits per heavy atom. The minimum atomic E-state index is -0.864. The van der Waals surface area contributed by atoms with Crippen LogP contribution in [0, 0.1) is 6.92 Å². The van der Waals surface area contributed by atoms with Crippen LogP contribution in [0.25, 0.3) is 0 Å². The van der Waals surface area contributed by atoms with Crippen molar-refractivity contribution in [2.24, 2.45) is 0 Å². The van der Waals surface area contributed by atoms with E-state index in [4.69, 9.17) is 4.52 Å². The first-order valence-corrected chi connectivity index (χ1v) is 6.76. The maximum atomic E-state index is 11.9. The molecule has 0 spiro atoms. The van der Waals surface area contributed by atoms with Gasteiger partial charge in [0.05, 0.1) is 6.54 Å². The Morgan fingerprint density at radius 2 is 2.30 bits per heavy atom. The quantitative estimate of drug-likeness (QED) is 0.862. The van der Waals surface area contributed by atoms with Crippen molar-refractivity contribution < 1.29 is 19.2 Å². The summed E-state index contributed by atoms with van der Waals surface area (Å²) in [5.41, 5.74) is 0. The van der Waals surface area contributed by atoms with Gasteiger partial charge in [0.2, 0.25) is 5.91 Å². The van der Waals surface area contributed by atoms with Gasteiger partial charge in [-0.3, -0.25) is 14.5 Å². The molecule has 1 aromatic rings. The number of hydrogen-bond acceptors (Lipinski definition) is 5. The first-order chi connectivity index (χ1) is 9.56. The molecular weight excluding hydrogens is 262 g/mol. The summed E-state index contributed by atoms with van der Waals surface area (Å²) in [6, 6.07) is 1.04. The number of aliphatic carboxylic acids is 1. The number of nitrogens with one attached hydrogen (secondary N) is 1. The van der Waals surface area contributed by atoms with Gasteiger partial charge in [-0.25, -0.2) is 0 Å². The smallest absolute Gasteiger partial charge is 0.320 e. The van der Waals surface area contributed by atoms with Crippen LogP contribution in [0.1, 0.15) is 31.4 Å². The Balaban J connectivity index is 1.95. The standard InChI is InChI=1S/C13H19N3O4/c1-9-7-11(15-20-9)14-12(17)8-16-6-4-2-3-5-10(16)13(18)19/h7,10H,2-6,8H2,1H3,(H,18,19)(H,14,15,17). The van der Waals surface area contributed by atoms with E-state index in [0.29, 0.717) is 24.5 Å². The van der Waals surface area contributed by atoms with Crippen molar-refractivity contribution in [3.05, 3.63) is 11.8 Å². The molecule has 2 heterocycles. The van der Waals surface area contributed by atoms with Gasteiger partial charge in [-0.15, -0.1) is 0 Å². The lowest BCUT2D eigenvalue weighted by atomic mass is 10.1. The largest absolute Gasteiger partial charge is 0.480 e. The third-order valence-corrected chi connectivity index (χ3v) is 3.39. The molecule has 2 N–H and O–H groups in total. The molecule has 0 aliphatic carbocycles. The Bertz CT molecular complexity index is 486. The van der Waals surface area contributed by atoms with Crippen molar-refractivity contribution in [1.82, 2.24) is 10.1 Å². The number of nitrogens with zero attached hydrogens (tertiary/aromatic N) is 2. The number of aromatic nitrogens is 1. The van der Waals surface area contributed by atoms with Crippen molar-refractivity contribution in [2.45, 2.75) is 38.6 Å². The predicted molar refractivity (Wildman–Crippen MR) is 71.3 cm³/mol. The van der Waals surface area contributed by atoms with Crippen molar-refractivity contribution in [3.8, 4) is 0 Å². The molecule has 110 valence electrons. The second-order valence-corrected chi connectivity index (χ2v) is 5.04. The van der Waals surface area contributed by atoms with Crippen molar-refractivity contribution in [2.75, 3.05) is 18.4 Å². The summed E-state index contributed by atoms with van der Waals surface area (Å²) in [6.07, 6.45) is 3.40. The molecule has 0 saturated carbocycles. The van der Waals surface area contributed by atoms with Crippen LogP contribution < -0.4 is 5.32 Å². The van der Waals surface area contributed by atoms with E-state index in [2.05, 4.69) is 10.5 Å². The lowest BCUT2D eigenvalue weighted by Gasteiger charge is -2.25. The summed E-state index contributed by atoms with van der Waals surface area (Å²) < 4.78 is 4.86. The van der Waals surface area contributed by atoms with E-state index in [1.807, 2.05) is 0 Å². The van der Waals surface area contributed by atoms with Gasteiger partial charge >= 0.3 is 5.97 Å². The number of rotatable bonds is 4. The summed E-state index contributed by atoms with van der Waals surface area (Å²) in [4.78, 5) is 24.9. The lowest BCUT2D eigenvalue weighted by molar-refractivity contribution is -0.143. The molecule has 0 bridgehead atoms. The minimum Gasteiger partial charge on any atom is -0.480 e. The molecular formula is C13H19N3O4. The predicted octanol–water partition coefficient (Wildman–Crippen LogP) is 1.25. The van der Waals surface area contributed by atoms with E-state index in [0.717, 1.165) is 19.3 Å². The van der Waals surface area contributed by atoms with Gasteiger partial charge in [0.25, 0.3) is 0 Å². The highest BCUT2D eigenvalue weighted by atomic mass is 16.5. The van der Waals surface area contributed by atoms with Gasteiger partial charge in [-0.1, -0.05) is 18.0 Å². The van der Waals surface area contributed by atoms with Gasteiger partial charge in [0, 0.05) is 6.07 Å². The number of aryl methyl sites for hydroxylation is 1. The summed E-state index contributed by atoms with van der Waals surface area (Å²) in [5, 5.41) is 15.5. The zero-order valence-electron chi connectivity index (χ0n) is 11.5. The van der Waals surface area contributed by atoms with Crippen molar-refractivity contribution in [1.29, 1.82) is 0 Å². The van der Waals surface area contributed by atoms with Gasteiger partial charge in [0.1, 0.15) is 11.8 Å². The number of carbonyl (C=O) groups excluding carboxylic acids is 1. The first kappa shape index (κ1) is 14.5. The average Bonchev–Trinajstić information content (AvgIpc) is 2.64. The number of hydrogen-bond donors (Lipinski definition) is 2. The third-order valence-electron chi connectivity index (χ3n) is 3.39. The van der Waals surface area contributed by atoms with E-state index in [9.17, 15) is 14.7 Å². The number of anilines is 1. The maximum Gasteiger partial charge on any atom is 0.320 e. The fourth-order valence-electron chi connectivity index (χ4n) is 2.43. The number of carboxylic acid groups (broad SMARTS) is 1. The summed E-state index contributed by atoms with van der Waals surface area (Å²) in [5.74, 6) is -0.170. The fraction of sp³-hybridized carbons (Fsp3) is 0.615. The highest BCUT2D eigenvalue weighted by molar-refractivity contribution is 5.91. The summed E-state index contributed by atoms with van der Waals surface area (Å²) >= 11 is 0. The number of likely N-dealkylation sites (tertiary alicyclic amines) is 1. The SMILES string of the molecule is Cc1cc(NC(=O)CN2CCCCCC2C(=O)O)no1. The van der Waals surface area contributed by atoms with Crippen molar-refractivity contribution in [3.63, 3.8) is 0 Å². The van der Waals surface area contributed by atoms with Gasteiger partial charge in [-0.05, 0) is 26.3 Å². The Labute approximate surface area is 116 Å². The molecule has 1 unspecified atom stereocenters. The van der Waals surface area contributed by atoms with E-state index in [1.165, 1.54) is 0 Å². The van der Waals surface area contributed by atoms with Gasteiger partial charge < -0.3 is 14.9 Å². The minimum absolute atomic E-state index is 0.0584. The zero-order chi connectivity index (χ0) is 14.5. The zero-order valence-corrected chi connectivity index (χ0v) is 11.5. The highest BCUT2D eigenvalue weighted by Gasteiger charge is 2.28. The fourth-order valence-corrected chi connectivity index (χ4v) is 2.43. The highest BCUT2D eigenvalue weighted by Crippen LogP contribution is 2.17. The van der Waals surface area contributed by atoms with Crippen LogP contribution in [0.3, 0.4) is 0 Å². The molecule has 20 heavy (non-hydrogen) atoms. The topological polar surface area (TPSA) is 95.7 Å². The molecule has 1 aliphatic rings. The molecule has 1 aromatic heterocycles. The summed E-state index contributed by atoms with van der Waals surface area (Å²) in [6.45, 7) is 2.42. The second kappa shape index (κ2) is 6.51. The molecule has 1 saturated heterocycles. The molecule has 1 fully saturated rings.